The highest BCUT2D eigenvalue weighted by atomic mass is 16.6. The van der Waals surface area contributed by atoms with Crippen LogP contribution in [0.15, 0.2) is 30.3 Å². The quantitative estimate of drug-likeness (QED) is 0.393. The fourth-order valence-corrected chi connectivity index (χ4v) is 1.21. The van der Waals surface area contributed by atoms with Crippen molar-refractivity contribution in [3.8, 4) is 0 Å². The highest BCUT2D eigenvalue weighted by Gasteiger charge is 1.97. The molecule has 82 valence electrons. The molecule has 0 saturated carbocycles. The molecule has 1 aromatic rings. The molecule has 0 aliphatic rings. The Balaban J connectivity index is 2.00. The molecule has 1 rings (SSSR count). The van der Waals surface area contributed by atoms with Gasteiger partial charge in [0.1, 0.15) is 0 Å². The van der Waals surface area contributed by atoms with Crippen molar-refractivity contribution in [2.75, 3.05) is 13.2 Å². The maximum atomic E-state index is 10.0. The maximum absolute atomic E-state index is 10.0. The minimum Gasteiger partial charge on any atom is -0.377 e. The molecule has 0 aliphatic carbocycles. The lowest BCUT2D eigenvalue weighted by atomic mass is 10.2. The molecule has 15 heavy (non-hydrogen) atoms. The van der Waals surface area contributed by atoms with E-state index in [0.29, 0.717) is 19.6 Å². The lowest BCUT2D eigenvalue weighted by molar-refractivity contribution is -0.480. The zero-order chi connectivity index (χ0) is 10.9. The SMILES string of the molecule is O=[N+]([O-])CCCCOCc1ccccc1. The highest BCUT2D eigenvalue weighted by Crippen LogP contribution is 2.01. The van der Waals surface area contributed by atoms with Crippen molar-refractivity contribution in [3.63, 3.8) is 0 Å². The van der Waals surface area contributed by atoms with Gasteiger partial charge < -0.3 is 4.74 Å². The van der Waals surface area contributed by atoms with E-state index in [4.69, 9.17) is 4.74 Å². The molecule has 0 fully saturated rings. The number of benzene rings is 1. The van der Waals surface area contributed by atoms with Gasteiger partial charge in [-0.05, 0) is 12.0 Å². The summed E-state index contributed by atoms with van der Waals surface area (Å²) in [5.74, 6) is 0. The lowest BCUT2D eigenvalue weighted by Crippen LogP contribution is -2.02. The molecule has 0 spiro atoms. The van der Waals surface area contributed by atoms with E-state index in [0.717, 1.165) is 12.0 Å². The van der Waals surface area contributed by atoms with E-state index in [9.17, 15) is 10.1 Å². The van der Waals surface area contributed by atoms with Gasteiger partial charge in [-0.2, -0.15) is 0 Å². The van der Waals surface area contributed by atoms with Crippen LogP contribution in [-0.4, -0.2) is 18.1 Å². The van der Waals surface area contributed by atoms with Crippen LogP contribution < -0.4 is 0 Å². The maximum Gasteiger partial charge on any atom is 0.204 e. The average molecular weight is 209 g/mol. The molecule has 1 aromatic carbocycles. The van der Waals surface area contributed by atoms with Crippen molar-refractivity contribution in [1.82, 2.24) is 0 Å². The Bertz CT molecular complexity index is 287. The summed E-state index contributed by atoms with van der Waals surface area (Å²) < 4.78 is 5.38. The van der Waals surface area contributed by atoms with Gasteiger partial charge in [0, 0.05) is 18.0 Å². The summed E-state index contributed by atoms with van der Waals surface area (Å²) in [7, 11) is 0. The molecular formula is C11H15NO3. The topological polar surface area (TPSA) is 52.4 Å². The van der Waals surface area contributed by atoms with Crippen LogP contribution in [0.1, 0.15) is 18.4 Å². The van der Waals surface area contributed by atoms with Gasteiger partial charge in [0.05, 0.1) is 6.61 Å². The minimum absolute atomic E-state index is 0.0364. The summed E-state index contributed by atoms with van der Waals surface area (Å²) in [6.45, 7) is 1.21. The van der Waals surface area contributed by atoms with Crippen molar-refractivity contribution in [2.24, 2.45) is 0 Å². The minimum atomic E-state index is -0.294. The Kier molecular flexibility index (Phi) is 5.40. The van der Waals surface area contributed by atoms with Crippen LogP contribution in [0.25, 0.3) is 0 Å². The van der Waals surface area contributed by atoms with E-state index in [-0.39, 0.29) is 11.5 Å². The third-order valence-corrected chi connectivity index (χ3v) is 1.99. The first-order valence-corrected chi connectivity index (χ1v) is 5.02. The summed E-state index contributed by atoms with van der Waals surface area (Å²) in [6, 6.07) is 9.88. The van der Waals surface area contributed by atoms with Gasteiger partial charge in [-0.25, -0.2) is 0 Å². The number of unbranched alkanes of at least 4 members (excludes halogenated alkanes) is 1. The van der Waals surface area contributed by atoms with Crippen molar-refractivity contribution in [3.05, 3.63) is 46.0 Å². The van der Waals surface area contributed by atoms with E-state index in [2.05, 4.69) is 0 Å². The van der Waals surface area contributed by atoms with Crippen LogP contribution in [-0.2, 0) is 11.3 Å². The average Bonchev–Trinajstić information content (AvgIpc) is 2.24. The third-order valence-electron chi connectivity index (χ3n) is 1.99. The predicted molar refractivity (Wildman–Crippen MR) is 57.2 cm³/mol. The third kappa shape index (κ3) is 5.80. The van der Waals surface area contributed by atoms with Crippen LogP contribution in [0, 0.1) is 10.1 Å². The van der Waals surface area contributed by atoms with Gasteiger partial charge in [-0.1, -0.05) is 30.3 Å². The normalized spacial score (nSPS) is 10.1. The summed E-state index contributed by atoms with van der Waals surface area (Å²) in [5.41, 5.74) is 1.13. The fraction of sp³-hybridized carbons (Fsp3) is 0.455. The second-order valence-corrected chi connectivity index (χ2v) is 3.30. The van der Waals surface area contributed by atoms with Crippen LogP contribution in [0.2, 0.25) is 0 Å². The second kappa shape index (κ2) is 6.95. The number of hydrogen-bond donors (Lipinski definition) is 0. The number of hydrogen-bond acceptors (Lipinski definition) is 3. The molecule has 0 saturated heterocycles. The standard InChI is InChI=1S/C11H15NO3/c13-12(14)8-4-5-9-15-10-11-6-2-1-3-7-11/h1-3,6-7H,4-5,8-10H2. The monoisotopic (exact) mass is 209 g/mol. The molecule has 0 amide bonds. The first kappa shape index (κ1) is 11.7. The molecular weight excluding hydrogens is 194 g/mol. The molecule has 0 heterocycles. The molecule has 4 nitrogen and oxygen atoms in total. The smallest absolute Gasteiger partial charge is 0.204 e. The zero-order valence-corrected chi connectivity index (χ0v) is 8.59. The van der Waals surface area contributed by atoms with E-state index in [1.54, 1.807) is 0 Å². The van der Waals surface area contributed by atoms with Crippen LogP contribution in [0.3, 0.4) is 0 Å². The van der Waals surface area contributed by atoms with Gasteiger partial charge in [0.15, 0.2) is 0 Å². The van der Waals surface area contributed by atoms with Crippen molar-refractivity contribution < 1.29 is 9.66 Å². The molecule has 0 bridgehead atoms. The first-order chi connectivity index (χ1) is 7.29. The number of ether oxygens (including phenoxy) is 1. The largest absolute Gasteiger partial charge is 0.377 e. The van der Waals surface area contributed by atoms with Gasteiger partial charge in [0.25, 0.3) is 0 Å². The summed E-state index contributed by atoms with van der Waals surface area (Å²) >= 11 is 0. The zero-order valence-electron chi connectivity index (χ0n) is 8.59. The number of rotatable bonds is 7. The Hall–Kier alpha value is -1.42. The van der Waals surface area contributed by atoms with E-state index >= 15 is 0 Å². The molecule has 0 atom stereocenters. The highest BCUT2D eigenvalue weighted by molar-refractivity contribution is 5.13. The van der Waals surface area contributed by atoms with Crippen LogP contribution in [0.5, 0.6) is 0 Å². The second-order valence-electron chi connectivity index (χ2n) is 3.30. The number of nitro groups is 1. The Morgan fingerprint density at radius 1 is 1.20 bits per heavy atom. The van der Waals surface area contributed by atoms with Crippen LogP contribution >= 0.6 is 0 Å². The van der Waals surface area contributed by atoms with Crippen molar-refractivity contribution in [2.45, 2.75) is 19.4 Å². The predicted octanol–water partition coefficient (Wildman–Crippen LogP) is 2.26. The van der Waals surface area contributed by atoms with Crippen LogP contribution in [0.4, 0.5) is 0 Å². The van der Waals surface area contributed by atoms with E-state index in [1.807, 2.05) is 30.3 Å². The summed E-state index contributed by atoms with van der Waals surface area (Å²) in [6.07, 6.45) is 1.33. The summed E-state index contributed by atoms with van der Waals surface area (Å²) in [4.78, 5) is 9.72. The van der Waals surface area contributed by atoms with Crippen molar-refractivity contribution in [1.29, 1.82) is 0 Å². The first-order valence-electron chi connectivity index (χ1n) is 5.02. The van der Waals surface area contributed by atoms with Gasteiger partial charge in [-0.3, -0.25) is 10.1 Å². The number of nitrogens with zero attached hydrogens (tertiary/aromatic N) is 1. The molecule has 0 aliphatic heterocycles. The van der Waals surface area contributed by atoms with E-state index in [1.165, 1.54) is 0 Å². The molecule has 0 N–H and O–H groups in total. The van der Waals surface area contributed by atoms with E-state index < -0.39 is 0 Å². The van der Waals surface area contributed by atoms with Gasteiger partial charge >= 0.3 is 0 Å². The van der Waals surface area contributed by atoms with Gasteiger partial charge in [0.2, 0.25) is 6.54 Å². The fourth-order valence-electron chi connectivity index (χ4n) is 1.21. The summed E-state index contributed by atoms with van der Waals surface area (Å²) in [5, 5.41) is 10.0. The van der Waals surface area contributed by atoms with Crippen molar-refractivity contribution >= 4 is 0 Å². The van der Waals surface area contributed by atoms with Gasteiger partial charge in [-0.15, -0.1) is 0 Å². The Labute approximate surface area is 89.0 Å². The lowest BCUT2D eigenvalue weighted by Gasteiger charge is -2.02. The Morgan fingerprint density at radius 3 is 2.60 bits per heavy atom. The molecule has 0 unspecified atom stereocenters. The molecule has 0 aromatic heterocycles. The Morgan fingerprint density at radius 2 is 1.93 bits per heavy atom. The molecule has 4 heteroatoms. The molecule has 0 radical (unpaired) electrons.